The molecule has 2 aromatic carbocycles. The lowest BCUT2D eigenvalue weighted by Gasteiger charge is -2.35. The minimum atomic E-state index is 0.0906. The fraction of sp³-hybridized carbons (Fsp3) is 0.292. The van der Waals surface area contributed by atoms with Crippen molar-refractivity contribution in [2.24, 2.45) is 0 Å². The molecule has 33 heavy (non-hydrogen) atoms. The molecule has 0 N–H and O–H groups in total. The number of amides is 1. The van der Waals surface area contributed by atoms with Crippen LogP contribution in [-0.2, 0) is 6.54 Å². The van der Waals surface area contributed by atoms with E-state index in [-0.39, 0.29) is 5.91 Å². The third-order valence-electron chi connectivity index (χ3n) is 5.74. The molecule has 1 saturated heterocycles. The molecular formula is C24H25N7OS. The fourth-order valence-electron chi connectivity index (χ4n) is 4.09. The number of carbonyl (C=O) groups excluding carboxylic acids is 1. The second-order valence-electron chi connectivity index (χ2n) is 7.81. The summed E-state index contributed by atoms with van der Waals surface area (Å²) < 4.78 is 1.80. The minimum Gasteiger partial charge on any atom is -0.351 e. The summed E-state index contributed by atoms with van der Waals surface area (Å²) in [5.74, 6) is 1.80. The van der Waals surface area contributed by atoms with Crippen molar-refractivity contribution < 1.29 is 4.79 Å². The number of thioether (sulfide) groups is 1. The van der Waals surface area contributed by atoms with E-state index in [9.17, 15) is 4.79 Å². The highest BCUT2D eigenvalue weighted by Gasteiger charge is 2.26. The van der Waals surface area contributed by atoms with Crippen molar-refractivity contribution in [3.63, 3.8) is 0 Å². The van der Waals surface area contributed by atoms with Gasteiger partial charge in [0.15, 0.2) is 17.0 Å². The van der Waals surface area contributed by atoms with E-state index in [4.69, 9.17) is 0 Å². The molecule has 0 aliphatic carbocycles. The van der Waals surface area contributed by atoms with E-state index in [1.54, 1.807) is 22.8 Å². The number of piperazine rings is 1. The second kappa shape index (κ2) is 9.58. The zero-order valence-corrected chi connectivity index (χ0v) is 19.3. The maximum absolute atomic E-state index is 13.2. The van der Waals surface area contributed by atoms with Crippen molar-refractivity contribution in [2.75, 3.05) is 36.8 Å². The molecule has 9 heteroatoms. The van der Waals surface area contributed by atoms with Crippen LogP contribution in [0.1, 0.15) is 22.8 Å². The maximum atomic E-state index is 13.2. The molecule has 0 saturated carbocycles. The summed E-state index contributed by atoms with van der Waals surface area (Å²) in [6, 6.07) is 18.0. The van der Waals surface area contributed by atoms with Crippen LogP contribution < -0.4 is 4.90 Å². The first kappa shape index (κ1) is 21.4. The third-order valence-corrected chi connectivity index (χ3v) is 6.70. The number of rotatable bonds is 6. The number of nitrogens with zero attached hydrogens (tertiary/aromatic N) is 7. The molecule has 1 fully saturated rings. The zero-order valence-electron chi connectivity index (χ0n) is 18.5. The van der Waals surface area contributed by atoms with E-state index < -0.39 is 0 Å². The Kier molecular flexibility index (Phi) is 6.21. The summed E-state index contributed by atoms with van der Waals surface area (Å²) in [5.41, 5.74) is 3.33. The Balaban J connectivity index is 1.31. The molecule has 168 valence electrons. The molecule has 4 aromatic rings. The van der Waals surface area contributed by atoms with E-state index in [0.717, 1.165) is 27.6 Å². The topological polar surface area (TPSA) is 80.0 Å². The molecule has 0 spiro atoms. The number of hydrogen-bond acceptors (Lipinski definition) is 7. The summed E-state index contributed by atoms with van der Waals surface area (Å²) in [6.07, 6.45) is 1.57. The lowest BCUT2D eigenvalue weighted by atomic mass is 10.2. The molecule has 0 atom stereocenters. The van der Waals surface area contributed by atoms with Gasteiger partial charge in [-0.2, -0.15) is 0 Å². The molecule has 1 aliphatic rings. The lowest BCUT2D eigenvalue weighted by Crippen LogP contribution is -2.49. The molecule has 3 heterocycles. The molecule has 0 bridgehead atoms. The first-order valence-electron chi connectivity index (χ1n) is 11.1. The molecule has 5 rings (SSSR count). The Morgan fingerprint density at radius 3 is 2.52 bits per heavy atom. The van der Waals surface area contributed by atoms with Gasteiger partial charge in [0.2, 0.25) is 0 Å². The number of fused-ring (bicyclic) bond motifs is 1. The summed E-state index contributed by atoms with van der Waals surface area (Å²) in [4.78, 5) is 27.3. The quantitative estimate of drug-likeness (QED) is 0.409. The smallest absolute Gasteiger partial charge is 0.255 e. The Morgan fingerprint density at radius 2 is 1.73 bits per heavy atom. The fourth-order valence-corrected chi connectivity index (χ4v) is 4.89. The highest BCUT2D eigenvalue weighted by Crippen LogP contribution is 2.26. The number of anilines is 1. The number of carbonyl (C=O) groups is 1. The van der Waals surface area contributed by atoms with Crippen LogP contribution in [0.5, 0.6) is 0 Å². The third kappa shape index (κ3) is 4.41. The first-order valence-corrected chi connectivity index (χ1v) is 12.1. The van der Waals surface area contributed by atoms with E-state index in [1.807, 2.05) is 47.4 Å². The van der Waals surface area contributed by atoms with E-state index in [1.165, 1.54) is 0 Å². The minimum absolute atomic E-state index is 0.0906. The molecule has 0 radical (unpaired) electrons. The van der Waals surface area contributed by atoms with E-state index in [0.29, 0.717) is 43.9 Å². The highest BCUT2D eigenvalue weighted by atomic mass is 32.2. The summed E-state index contributed by atoms with van der Waals surface area (Å²) in [7, 11) is 0. The lowest BCUT2D eigenvalue weighted by molar-refractivity contribution is 0.0743. The Hall–Kier alpha value is -3.46. The van der Waals surface area contributed by atoms with Crippen molar-refractivity contribution >= 4 is 34.7 Å². The van der Waals surface area contributed by atoms with Gasteiger partial charge in [-0.15, -0.1) is 16.9 Å². The van der Waals surface area contributed by atoms with Crippen molar-refractivity contribution in [3.8, 4) is 0 Å². The van der Waals surface area contributed by atoms with Gasteiger partial charge >= 0.3 is 0 Å². The summed E-state index contributed by atoms with van der Waals surface area (Å²) >= 11 is 1.70. The zero-order chi connectivity index (χ0) is 22.6. The van der Waals surface area contributed by atoms with Crippen LogP contribution in [0.2, 0.25) is 0 Å². The number of benzene rings is 2. The van der Waals surface area contributed by atoms with Crippen LogP contribution in [0.15, 0.2) is 65.8 Å². The van der Waals surface area contributed by atoms with Crippen LogP contribution in [0, 0.1) is 0 Å². The van der Waals surface area contributed by atoms with Gasteiger partial charge in [0.1, 0.15) is 6.33 Å². The van der Waals surface area contributed by atoms with Crippen LogP contribution in [0.3, 0.4) is 0 Å². The predicted molar refractivity (Wildman–Crippen MR) is 130 cm³/mol. The standard InChI is InChI=1S/C24H25N7OS/c1-2-33-20-11-7-6-10-19(20)24(32)30-14-12-29(13-15-30)22-21-23(26-17-25-22)31(28-27-21)16-18-8-4-3-5-9-18/h3-11,17H,2,12-16H2,1H3. The summed E-state index contributed by atoms with van der Waals surface area (Å²) in [6.45, 7) is 5.34. The Bertz CT molecular complexity index is 1250. The van der Waals surface area contributed by atoms with Crippen LogP contribution in [-0.4, -0.2) is 67.7 Å². The van der Waals surface area contributed by atoms with Crippen molar-refractivity contribution in [1.29, 1.82) is 0 Å². The molecule has 0 unspecified atom stereocenters. The number of aromatic nitrogens is 5. The second-order valence-corrected chi connectivity index (χ2v) is 9.12. The van der Waals surface area contributed by atoms with Gasteiger partial charge in [-0.05, 0) is 23.4 Å². The highest BCUT2D eigenvalue weighted by molar-refractivity contribution is 7.99. The van der Waals surface area contributed by atoms with Crippen molar-refractivity contribution in [3.05, 3.63) is 72.1 Å². The maximum Gasteiger partial charge on any atom is 0.255 e. The molecular weight excluding hydrogens is 434 g/mol. The number of hydrogen-bond donors (Lipinski definition) is 0. The van der Waals surface area contributed by atoms with Crippen LogP contribution in [0.4, 0.5) is 5.82 Å². The van der Waals surface area contributed by atoms with Gasteiger partial charge in [0, 0.05) is 31.1 Å². The van der Waals surface area contributed by atoms with Crippen LogP contribution >= 0.6 is 11.8 Å². The normalized spacial score (nSPS) is 14.1. The molecule has 1 aliphatic heterocycles. The molecule has 2 aromatic heterocycles. The Morgan fingerprint density at radius 1 is 0.970 bits per heavy atom. The first-order chi connectivity index (χ1) is 16.2. The van der Waals surface area contributed by atoms with Gasteiger partial charge in [-0.1, -0.05) is 54.6 Å². The largest absolute Gasteiger partial charge is 0.351 e. The van der Waals surface area contributed by atoms with E-state index in [2.05, 4.69) is 44.2 Å². The van der Waals surface area contributed by atoms with Gasteiger partial charge < -0.3 is 9.80 Å². The van der Waals surface area contributed by atoms with Crippen molar-refractivity contribution in [1.82, 2.24) is 29.9 Å². The van der Waals surface area contributed by atoms with Gasteiger partial charge in [0.05, 0.1) is 12.1 Å². The molecule has 1 amide bonds. The monoisotopic (exact) mass is 459 g/mol. The molecule has 8 nitrogen and oxygen atoms in total. The van der Waals surface area contributed by atoms with Crippen LogP contribution in [0.25, 0.3) is 11.2 Å². The van der Waals surface area contributed by atoms with Gasteiger partial charge in [-0.3, -0.25) is 4.79 Å². The van der Waals surface area contributed by atoms with Gasteiger partial charge in [0.25, 0.3) is 5.91 Å². The predicted octanol–water partition coefficient (Wildman–Crippen LogP) is 3.34. The van der Waals surface area contributed by atoms with E-state index >= 15 is 0 Å². The summed E-state index contributed by atoms with van der Waals surface area (Å²) in [5, 5.41) is 8.71. The average Bonchev–Trinajstić information content (AvgIpc) is 3.28. The SMILES string of the molecule is CCSc1ccccc1C(=O)N1CCN(c2ncnc3c2nnn3Cc2ccccc2)CC1. The van der Waals surface area contributed by atoms with Crippen molar-refractivity contribution in [2.45, 2.75) is 18.4 Å². The average molecular weight is 460 g/mol. The van der Waals surface area contributed by atoms with Gasteiger partial charge in [-0.25, -0.2) is 14.6 Å². The Labute approximate surface area is 196 Å².